The second-order valence-corrected chi connectivity index (χ2v) is 11.0. The van der Waals surface area contributed by atoms with Gasteiger partial charge in [0.25, 0.3) is 0 Å². The average Bonchev–Trinajstić information content (AvgIpc) is 2.69. The minimum absolute atomic E-state index is 0.128. The molecular formula is C25H42O3. The first-order chi connectivity index (χ1) is 13.2. The van der Waals surface area contributed by atoms with Gasteiger partial charge in [-0.2, -0.15) is 0 Å². The molecule has 0 aliphatic heterocycles. The van der Waals surface area contributed by atoms with Crippen molar-refractivity contribution >= 4 is 11.6 Å². The van der Waals surface area contributed by atoms with Gasteiger partial charge in [0.2, 0.25) is 0 Å². The number of Topliss-reactive ketones (excluding diaryl/α,β-unsaturated/α-hetero) is 2. The molecule has 0 radical (unpaired) electrons. The Morgan fingerprint density at radius 1 is 0.714 bits per heavy atom. The quantitative estimate of drug-likeness (QED) is 0.548. The van der Waals surface area contributed by atoms with Crippen LogP contribution in [0.1, 0.15) is 105 Å². The Bertz CT molecular complexity index is 524. The lowest BCUT2D eigenvalue weighted by atomic mass is 9.72. The molecule has 3 aliphatic rings. The predicted molar refractivity (Wildman–Crippen MR) is 113 cm³/mol. The van der Waals surface area contributed by atoms with E-state index >= 15 is 0 Å². The Morgan fingerprint density at radius 3 is 1.64 bits per heavy atom. The minimum Gasteiger partial charge on any atom is -0.375 e. The first kappa shape index (κ1) is 22.0. The highest BCUT2D eigenvalue weighted by molar-refractivity contribution is 5.85. The molecule has 0 amide bonds. The number of carbonyl (C=O) groups excluding carboxylic acids is 2. The van der Waals surface area contributed by atoms with Gasteiger partial charge in [-0.05, 0) is 82.5 Å². The molecule has 3 saturated carbocycles. The molecule has 0 spiro atoms. The van der Waals surface area contributed by atoms with E-state index in [4.69, 9.17) is 4.74 Å². The van der Waals surface area contributed by atoms with Crippen molar-refractivity contribution in [3.63, 3.8) is 0 Å². The monoisotopic (exact) mass is 390 g/mol. The van der Waals surface area contributed by atoms with Crippen molar-refractivity contribution in [2.24, 2.45) is 29.1 Å². The van der Waals surface area contributed by atoms with Gasteiger partial charge in [0, 0.05) is 23.7 Å². The van der Waals surface area contributed by atoms with Crippen LogP contribution in [0.25, 0.3) is 0 Å². The zero-order chi connectivity index (χ0) is 20.3. The van der Waals surface area contributed by atoms with Crippen molar-refractivity contribution in [3.8, 4) is 0 Å². The molecule has 160 valence electrons. The molecule has 0 atom stereocenters. The van der Waals surface area contributed by atoms with Crippen LogP contribution in [0.15, 0.2) is 0 Å². The molecule has 3 rings (SSSR count). The molecule has 3 nitrogen and oxygen atoms in total. The van der Waals surface area contributed by atoms with Crippen LogP contribution >= 0.6 is 0 Å². The lowest BCUT2D eigenvalue weighted by molar-refractivity contribution is -0.133. The lowest BCUT2D eigenvalue weighted by Crippen LogP contribution is -2.35. The summed E-state index contributed by atoms with van der Waals surface area (Å²) in [6.45, 7) is 8.72. The van der Waals surface area contributed by atoms with E-state index in [2.05, 4.69) is 13.8 Å². The summed E-state index contributed by atoms with van der Waals surface area (Å²) >= 11 is 0. The number of carbonyl (C=O) groups is 2. The fraction of sp³-hybridized carbons (Fsp3) is 0.920. The first-order valence-corrected chi connectivity index (χ1v) is 12.0. The minimum atomic E-state index is 0.128. The molecule has 0 bridgehead atoms. The van der Waals surface area contributed by atoms with Crippen LogP contribution in [0.5, 0.6) is 0 Å². The zero-order valence-corrected chi connectivity index (χ0v) is 18.7. The van der Waals surface area contributed by atoms with Crippen molar-refractivity contribution in [2.75, 3.05) is 0 Å². The van der Waals surface area contributed by atoms with Gasteiger partial charge in [0.1, 0.15) is 11.6 Å². The standard InChI is InChI=1S/C25H42O3/c1-17(2)23(26)18-5-7-19(8-6-18)24(27)20-9-11-21(12-10-20)28-22-13-15-25(3,4)16-14-22/h17-22H,5-16H2,1-4H3. The van der Waals surface area contributed by atoms with Gasteiger partial charge in [-0.3, -0.25) is 9.59 Å². The van der Waals surface area contributed by atoms with Gasteiger partial charge in [-0.25, -0.2) is 0 Å². The Labute approximate surface area is 172 Å². The van der Waals surface area contributed by atoms with Gasteiger partial charge in [0.05, 0.1) is 12.2 Å². The summed E-state index contributed by atoms with van der Waals surface area (Å²) in [5, 5.41) is 0. The molecule has 3 heteroatoms. The number of hydrogen-bond acceptors (Lipinski definition) is 3. The maximum Gasteiger partial charge on any atom is 0.139 e. The Balaban J connectivity index is 1.38. The van der Waals surface area contributed by atoms with E-state index in [0.717, 1.165) is 51.4 Å². The molecule has 0 aromatic rings. The summed E-state index contributed by atoms with van der Waals surface area (Å²) in [4.78, 5) is 25.2. The van der Waals surface area contributed by atoms with Crippen LogP contribution in [0, 0.1) is 29.1 Å². The smallest absolute Gasteiger partial charge is 0.139 e. The summed E-state index contributed by atoms with van der Waals surface area (Å²) < 4.78 is 6.41. The highest BCUT2D eigenvalue weighted by Crippen LogP contribution is 2.39. The van der Waals surface area contributed by atoms with Crippen LogP contribution in [-0.4, -0.2) is 23.8 Å². The Hall–Kier alpha value is -0.700. The van der Waals surface area contributed by atoms with Crippen molar-refractivity contribution in [1.29, 1.82) is 0 Å². The lowest BCUT2D eigenvalue weighted by Gasteiger charge is -2.38. The average molecular weight is 391 g/mol. The Kier molecular flexibility index (Phi) is 7.39. The van der Waals surface area contributed by atoms with Gasteiger partial charge in [-0.1, -0.05) is 27.7 Å². The van der Waals surface area contributed by atoms with E-state index in [-0.39, 0.29) is 23.7 Å². The van der Waals surface area contributed by atoms with E-state index in [1.807, 2.05) is 13.8 Å². The molecule has 0 heterocycles. The first-order valence-electron chi connectivity index (χ1n) is 12.0. The summed E-state index contributed by atoms with van der Waals surface area (Å²) in [5.41, 5.74) is 0.489. The molecule has 0 aromatic carbocycles. The van der Waals surface area contributed by atoms with Crippen LogP contribution in [-0.2, 0) is 14.3 Å². The van der Waals surface area contributed by atoms with E-state index in [1.165, 1.54) is 25.7 Å². The van der Waals surface area contributed by atoms with Crippen molar-refractivity contribution in [2.45, 2.75) is 117 Å². The normalized spacial score (nSPS) is 34.3. The third-order valence-electron chi connectivity index (χ3n) is 7.85. The van der Waals surface area contributed by atoms with E-state index < -0.39 is 0 Å². The van der Waals surface area contributed by atoms with Crippen LogP contribution in [0.4, 0.5) is 0 Å². The van der Waals surface area contributed by atoms with Crippen molar-refractivity contribution in [3.05, 3.63) is 0 Å². The fourth-order valence-corrected chi connectivity index (χ4v) is 5.73. The van der Waals surface area contributed by atoms with E-state index in [9.17, 15) is 9.59 Å². The molecule has 3 fully saturated rings. The third-order valence-corrected chi connectivity index (χ3v) is 7.85. The predicted octanol–water partition coefficient (Wildman–Crippen LogP) is 6.13. The van der Waals surface area contributed by atoms with Crippen LogP contribution in [0.3, 0.4) is 0 Å². The molecular weight excluding hydrogens is 348 g/mol. The van der Waals surface area contributed by atoms with Gasteiger partial charge >= 0.3 is 0 Å². The van der Waals surface area contributed by atoms with Gasteiger partial charge in [-0.15, -0.1) is 0 Å². The zero-order valence-electron chi connectivity index (χ0n) is 18.7. The number of ketones is 2. The molecule has 0 aromatic heterocycles. The Morgan fingerprint density at radius 2 is 1.14 bits per heavy atom. The second-order valence-electron chi connectivity index (χ2n) is 11.0. The van der Waals surface area contributed by atoms with Gasteiger partial charge < -0.3 is 4.74 Å². The number of hydrogen-bond donors (Lipinski definition) is 0. The maximum atomic E-state index is 13.0. The molecule has 0 saturated heterocycles. The molecule has 0 N–H and O–H groups in total. The van der Waals surface area contributed by atoms with Crippen molar-refractivity contribution in [1.82, 2.24) is 0 Å². The summed E-state index contributed by atoms with van der Waals surface area (Å²) in [5.74, 6) is 1.67. The highest BCUT2D eigenvalue weighted by Gasteiger charge is 2.36. The summed E-state index contributed by atoms with van der Waals surface area (Å²) in [7, 11) is 0. The number of ether oxygens (including phenoxy) is 1. The third kappa shape index (κ3) is 5.68. The summed E-state index contributed by atoms with van der Waals surface area (Å²) in [6, 6.07) is 0. The molecule has 28 heavy (non-hydrogen) atoms. The van der Waals surface area contributed by atoms with Gasteiger partial charge in [0.15, 0.2) is 0 Å². The van der Waals surface area contributed by atoms with Crippen LogP contribution in [0.2, 0.25) is 0 Å². The topological polar surface area (TPSA) is 43.4 Å². The fourth-order valence-electron chi connectivity index (χ4n) is 5.73. The van der Waals surface area contributed by atoms with Crippen molar-refractivity contribution < 1.29 is 14.3 Å². The highest BCUT2D eigenvalue weighted by atomic mass is 16.5. The second kappa shape index (κ2) is 9.41. The molecule has 3 aliphatic carbocycles. The van der Waals surface area contributed by atoms with E-state index in [1.54, 1.807) is 0 Å². The summed E-state index contributed by atoms with van der Waals surface area (Å²) in [6.07, 6.45) is 13.6. The SMILES string of the molecule is CC(C)C(=O)C1CCC(C(=O)C2CCC(OC3CCC(C)(C)CC3)CC2)CC1. The van der Waals surface area contributed by atoms with Crippen LogP contribution < -0.4 is 0 Å². The van der Waals surface area contributed by atoms with E-state index in [0.29, 0.717) is 29.2 Å². The number of rotatable bonds is 6. The molecule has 0 unspecified atom stereocenters. The largest absolute Gasteiger partial charge is 0.375 e. The maximum absolute atomic E-state index is 13.0.